The number of carbonyl (C=O) groups excluding carboxylic acids is 2. The minimum Gasteiger partial charge on any atom is -0.462 e. The van der Waals surface area contributed by atoms with Gasteiger partial charge in [-0.2, -0.15) is 0 Å². The van der Waals surface area contributed by atoms with Crippen LogP contribution in [0.4, 0.5) is 0 Å². The lowest BCUT2D eigenvalue weighted by atomic mass is 10.0. The van der Waals surface area contributed by atoms with Gasteiger partial charge in [0.05, 0.1) is 6.61 Å². The van der Waals surface area contributed by atoms with E-state index in [1.807, 2.05) is 0 Å². The van der Waals surface area contributed by atoms with Crippen LogP contribution in [0.2, 0.25) is 0 Å². The molecule has 0 aliphatic carbocycles. The number of carbonyl (C=O) groups is 2. The lowest BCUT2D eigenvalue weighted by molar-refractivity contribution is -0.161. The van der Waals surface area contributed by atoms with Crippen LogP contribution in [0, 0.1) is 0 Å². The van der Waals surface area contributed by atoms with Gasteiger partial charge in [-0.3, -0.25) is 14.1 Å². The zero-order valence-corrected chi connectivity index (χ0v) is 29.9. The lowest BCUT2D eigenvalue weighted by Gasteiger charge is -2.18. The largest absolute Gasteiger partial charge is 0.469 e. The van der Waals surface area contributed by atoms with Crippen molar-refractivity contribution >= 4 is 19.8 Å². The smallest absolute Gasteiger partial charge is 0.462 e. The highest BCUT2D eigenvalue weighted by atomic mass is 31.2. The number of allylic oxidation sites excluding steroid dienone is 2. The van der Waals surface area contributed by atoms with Crippen LogP contribution in [0.5, 0.6) is 0 Å². The maximum absolute atomic E-state index is 12.3. The van der Waals surface area contributed by atoms with Gasteiger partial charge in [-0.05, 0) is 38.5 Å². The fourth-order valence-electron chi connectivity index (χ4n) is 5.25. The maximum atomic E-state index is 12.3. The molecule has 266 valence electrons. The van der Waals surface area contributed by atoms with E-state index in [-0.39, 0.29) is 19.4 Å². The van der Waals surface area contributed by atoms with Crippen molar-refractivity contribution in [2.24, 2.45) is 0 Å². The van der Waals surface area contributed by atoms with Gasteiger partial charge in [0.1, 0.15) is 6.61 Å². The summed E-state index contributed by atoms with van der Waals surface area (Å²) in [6.45, 7) is 3.66. The molecular formula is C36H69O8P. The zero-order valence-electron chi connectivity index (χ0n) is 29.0. The van der Waals surface area contributed by atoms with Crippen molar-refractivity contribution in [1.82, 2.24) is 0 Å². The van der Waals surface area contributed by atoms with Gasteiger partial charge in [-0.15, -0.1) is 0 Å². The summed E-state index contributed by atoms with van der Waals surface area (Å²) in [6.07, 6.45) is 33.6. The van der Waals surface area contributed by atoms with Crippen LogP contribution in [0.15, 0.2) is 12.2 Å². The normalized spacial score (nSPS) is 12.5. The van der Waals surface area contributed by atoms with Crippen molar-refractivity contribution in [3.63, 3.8) is 0 Å². The molecule has 0 rings (SSSR count). The Kier molecular flexibility index (Phi) is 31.8. The Hall–Kier alpha value is -1.21. The Morgan fingerprint density at radius 3 is 1.38 bits per heavy atom. The number of ether oxygens (including phenoxy) is 2. The highest BCUT2D eigenvalue weighted by Crippen LogP contribution is 2.36. The molecule has 0 saturated carbocycles. The van der Waals surface area contributed by atoms with Gasteiger partial charge < -0.3 is 19.3 Å². The summed E-state index contributed by atoms with van der Waals surface area (Å²) in [5.74, 6) is -0.897. The number of phosphoric acid groups is 1. The fraction of sp³-hybridized carbons (Fsp3) is 0.889. The van der Waals surface area contributed by atoms with Crippen molar-refractivity contribution in [3.8, 4) is 0 Å². The quantitative estimate of drug-likeness (QED) is 0.0303. The molecule has 0 spiro atoms. The number of esters is 2. The Balaban J connectivity index is 3.98. The molecule has 2 N–H and O–H groups in total. The predicted molar refractivity (Wildman–Crippen MR) is 184 cm³/mol. The summed E-state index contributed by atoms with van der Waals surface area (Å²) in [5.41, 5.74) is 0. The first-order valence-corrected chi connectivity index (χ1v) is 20.0. The second kappa shape index (κ2) is 32.7. The highest BCUT2D eigenvalue weighted by Gasteiger charge is 2.22. The van der Waals surface area contributed by atoms with E-state index < -0.39 is 32.5 Å². The molecule has 0 heterocycles. The van der Waals surface area contributed by atoms with Gasteiger partial charge in [0.2, 0.25) is 0 Å². The molecule has 0 aromatic carbocycles. The van der Waals surface area contributed by atoms with E-state index in [0.29, 0.717) is 6.42 Å². The van der Waals surface area contributed by atoms with Crippen molar-refractivity contribution in [2.75, 3.05) is 13.2 Å². The van der Waals surface area contributed by atoms with E-state index in [4.69, 9.17) is 19.3 Å². The van der Waals surface area contributed by atoms with E-state index in [0.717, 1.165) is 44.9 Å². The lowest BCUT2D eigenvalue weighted by Crippen LogP contribution is -2.29. The van der Waals surface area contributed by atoms with Gasteiger partial charge in [0.15, 0.2) is 6.10 Å². The van der Waals surface area contributed by atoms with Crippen LogP contribution >= 0.6 is 7.82 Å². The van der Waals surface area contributed by atoms with Gasteiger partial charge in [0.25, 0.3) is 0 Å². The monoisotopic (exact) mass is 660 g/mol. The molecule has 0 bridgehead atoms. The van der Waals surface area contributed by atoms with Gasteiger partial charge >= 0.3 is 19.8 Å². The average molecular weight is 661 g/mol. The number of rotatable bonds is 34. The van der Waals surface area contributed by atoms with Gasteiger partial charge in [-0.1, -0.05) is 148 Å². The minimum atomic E-state index is -4.74. The summed E-state index contributed by atoms with van der Waals surface area (Å²) < 4.78 is 26.2. The van der Waals surface area contributed by atoms with E-state index >= 15 is 0 Å². The summed E-state index contributed by atoms with van der Waals surface area (Å²) >= 11 is 0. The van der Waals surface area contributed by atoms with Gasteiger partial charge in [0, 0.05) is 12.8 Å². The van der Waals surface area contributed by atoms with Crippen LogP contribution in [-0.2, 0) is 28.2 Å². The Bertz CT molecular complexity index is 751. The summed E-state index contributed by atoms with van der Waals surface area (Å²) in [7, 11) is -4.74. The highest BCUT2D eigenvalue weighted by molar-refractivity contribution is 7.46. The molecule has 45 heavy (non-hydrogen) atoms. The second-order valence-corrected chi connectivity index (χ2v) is 13.8. The van der Waals surface area contributed by atoms with Crippen molar-refractivity contribution < 1.29 is 37.9 Å². The fourth-order valence-corrected chi connectivity index (χ4v) is 5.61. The Labute approximate surface area is 276 Å². The zero-order chi connectivity index (χ0) is 33.3. The Morgan fingerprint density at radius 2 is 0.933 bits per heavy atom. The molecule has 9 heteroatoms. The molecule has 0 saturated heterocycles. The molecule has 0 aromatic heterocycles. The third-order valence-corrected chi connectivity index (χ3v) is 8.52. The summed E-state index contributed by atoms with van der Waals surface area (Å²) in [4.78, 5) is 42.6. The second-order valence-electron chi connectivity index (χ2n) is 12.6. The minimum absolute atomic E-state index is 0.196. The third-order valence-electron chi connectivity index (χ3n) is 8.03. The van der Waals surface area contributed by atoms with E-state index in [2.05, 4.69) is 30.5 Å². The van der Waals surface area contributed by atoms with Crippen LogP contribution in [0.3, 0.4) is 0 Å². The molecule has 0 radical (unpaired) electrons. The SMILES string of the molecule is CCCCCCCCCC/C=C/CCCCCC(=O)O[C@H](COC(=O)CCCCCCCCCCCCCC)COP(=O)(O)O. The summed E-state index contributed by atoms with van der Waals surface area (Å²) in [5, 5.41) is 0. The molecule has 0 unspecified atom stereocenters. The maximum Gasteiger partial charge on any atom is 0.469 e. The summed E-state index contributed by atoms with van der Waals surface area (Å²) in [6, 6.07) is 0. The number of phosphoric ester groups is 1. The molecule has 8 nitrogen and oxygen atoms in total. The molecule has 0 fully saturated rings. The third kappa shape index (κ3) is 35.5. The number of hydrogen-bond acceptors (Lipinski definition) is 6. The molecule has 1 atom stereocenters. The first-order chi connectivity index (χ1) is 21.8. The van der Waals surface area contributed by atoms with Crippen LogP contribution in [0.25, 0.3) is 0 Å². The van der Waals surface area contributed by atoms with E-state index in [1.54, 1.807) is 0 Å². The van der Waals surface area contributed by atoms with E-state index in [1.165, 1.54) is 109 Å². The van der Waals surface area contributed by atoms with Crippen molar-refractivity contribution in [2.45, 2.75) is 193 Å². The van der Waals surface area contributed by atoms with Crippen LogP contribution in [0.1, 0.15) is 187 Å². The number of hydrogen-bond donors (Lipinski definition) is 2. The van der Waals surface area contributed by atoms with Gasteiger partial charge in [-0.25, -0.2) is 4.57 Å². The van der Waals surface area contributed by atoms with Crippen molar-refractivity contribution in [3.05, 3.63) is 12.2 Å². The predicted octanol–water partition coefficient (Wildman–Crippen LogP) is 10.7. The molecule has 0 aliphatic rings. The molecule has 0 amide bonds. The first-order valence-electron chi connectivity index (χ1n) is 18.5. The molecular weight excluding hydrogens is 591 g/mol. The first kappa shape index (κ1) is 43.8. The van der Waals surface area contributed by atoms with E-state index in [9.17, 15) is 14.2 Å². The van der Waals surface area contributed by atoms with Crippen LogP contribution < -0.4 is 0 Å². The molecule has 0 aromatic rings. The average Bonchev–Trinajstić information content (AvgIpc) is 3.00. The number of unbranched alkanes of at least 4 members (excludes halogenated alkanes) is 22. The standard InChI is InChI=1S/C36H69O8P/c1-3-5-7-9-11-13-15-17-18-19-21-23-25-27-29-31-36(38)44-34(33-43-45(39,40)41)32-42-35(37)30-28-26-24-22-20-16-14-12-10-8-6-4-2/h19,21,34H,3-18,20,22-33H2,1-2H3,(H2,39,40,41)/b21-19+/t34-/m1/s1. The van der Waals surface area contributed by atoms with Crippen LogP contribution in [-0.4, -0.2) is 41.0 Å². The topological polar surface area (TPSA) is 119 Å². The molecule has 0 aliphatic heterocycles. The van der Waals surface area contributed by atoms with Crippen molar-refractivity contribution in [1.29, 1.82) is 0 Å². The Morgan fingerprint density at radius 1 is 0.556 bits per heavy atom.